The van der Waals surface area contributed by atoms with E-state index in [0.29, 0.717) is 11.9 Å². The van der Waals surface area contributed by atoms with Gasteiger partial charge in [-0.1, -0.05) is 36.2 Å². The van der Waals surface area contributed by atoms with Crippen molar-refractivity contribution in [3.05, 3.63) is 28.5 Å². The highest BCUT2D eigenvalue weighted by molar-refractivity contribution is 9.10. The molecule has 0 fully saturated rings. The van der Waals surface area contributed by atoms with E-state index in [1.165, 1.54) is 18.4 Å². The van der Waals surface area contributed by atoms with Crippen LogP contribution in [0.15, 0.2) is 22.7 Å². The first-order chi connectivity index (χ1) is 8.71. The predicted octanol–water partition coefficient (Wildman–Crippen LogP) is 5.29. The molecule has 0 radical (unpaired) electrons. The summed E-state index contributed by atoms with van der Waals surface area (Å²) in [7, 11) is 0. The standard InChI is InChI=1S/C14H18BrClN2/c1-3-5-11(4-2)18-13-7-6-10(15)8-12(13)17-14(18)9-16/h6-8,11H,3-5,9H2,1-2H3. The lowest BCUT2D eigenvalue weighted by molar-refractivity contribution is 0.448. The molecular formula is C14H18BrClN2. The minimum absolute atomic E-state index is 0.465. The summed E-state index contributed by atoms with van der Waals surface area (Å²) in [5.41, 5.74) is 2.21. The molecule has 0 spiro atoms. The number of aromatic nitrogens is 2. The van der Waals surface area contributed by atoms with Crippen molar-refractivity contribution in [1.82, 2.24) is 9.55 Å². The van der Waals surface area contributed by atoms with E-state index < -0.39 is 0 Å². The maximum absolute atomic E-state index is 6.05. The average Bonchev–Trinajstić information content (AvgIpc) is 2.73. The van der Waals surface area contributed by atoms with Crippen molar-refractivity contribution >= 4 is 38.6 Å². The number of benzene rings is 1. The van der Waals surface area contributed by atoms with E-state index in [9.17, 15) is 0 Å². The van der Waals surface area contributed by atoms with Crippen LogP contribution in [-0.2, 0) is 5.88 Å². The summed E-state index contributed by atoms with van der Waals surface area (Å²) in [6, 6.07) is 6.74. The van der Waals surface area contributed by atoms with Gasteiger partial charge in [-0.05, 0) is 31.0 Å². The van der Waals surface area contributed by atoms with Crippen LogP contribution in [0.1, 0.15) is 45.0 Å². The van der Waals surface area contributed by atoms with Crippen molar-refractivity contribution in [3.8, 4) is 0 Å². The lowest BCUT2D eigenvalue weighted by atomic mass is 10.1. The number of alkyl halides is 1. The Morgan fingerprint density at radius 1 is 1.39 bits per heavy atom. The van der Waals surface area contributed by atoms with E-state index in [-0.39, 0.29) is 0 Å². The largest absolute Gasteiger partial charge is 0.324 e. The van der Waals surface area contributed by atoms with Crippen LogP contribution in [0.4, 0.5) is 0 Å². The Kier molecular flexibility index (Phi) is 4.68. The van der Waals surface area contributed by atoms with Crippen molar-refractivity contribution in [3.63, 3.8) is 0 Å². The number of nitrogens with zero attached hydrogens (tertiary/aromatic N) is 2. The van der Waals surface area contributed by atoms with E-state index in [1.807, 2.05) is 0 Å². The summed E-state index contributed by atoms with van der Waals surface area (Å²) in [5, 5.41) is 0. The van der Waals surface area contributed by atoms with Crippen LogP contribution in [0.2, 0.25) is 0 Å². The van der Waals surface area contributed by atoms with Gasteiger partial charge in [0.2, 0.25) is 0 Å². The van der Waals surface area contributed by atoms with Gasteiger partial charge < -0.3 is 4.57 Å². The fourth-order valence-corrected chi connectivity index (χ4v) is 3.01. The molecule has 0 amide bonds. The first-order valence-corrected chi connectivity index (χ1v) is 7.76. The second-order valence-corrected chi connectivity index (χ2v) is 5.70. The monoisotopic (exact) mass is 328 g/mol. The summed E-state index contributed by atoms with van der Waals surface area (Å²) in [6.45, 7) is 4.45. The van der Waals surface area contributed by atoms with Crippen LogP contribution >= 0.6 is 27.5 Å². The van der Waals surface area contributed by atoms with Gasteiger partial charge in [0.25, 0.3) is 0 Å². The van der Waals surface area contributed by atoms with E-state index >= 15 is 0 Å². The van der Waals surface area contributed by atoms with Crippen molar-refractivity contribution in [2.75, 3.05) is 0 Å². The molecule has 1 unspecified atom stereocenters. The minimum Gasteiger partial charge on any atom is -0.324 e. The zero-order valence-electron chi connectivity index (χ0n) is 10.8. The average molecular weight is 330 g/mol. The second kappa shape index (κ2) is 6.07. The molecule has 0 bridgehead atoms. The van der Waals surface area contributed by atoms with Gasteiger partial charge >= 0.3 is 0 Å². The highest BCUT2D eigenvalue weighted by Crippen LogP contribution is 2.28. The molecule has 1 aromatic carbocycles. The van der Waals surface area contributed by atoms with Gasteiger partial charge in [0.05, 0.1) is 16.9 Å². The van der Waals surface area contributed by atoms with Gasteiger partial charge in [0.15, 0.2) is 0 Å². The molecule has 2 nitrogen and oxygen atoms in total. The summed E-state index contributed by atoms with van der Waals surface area (Å²) in [5.74, 6) is 1.44. The maximum atomic E-state index is 6.05. The van der Waals surface area contributed by atoms with Crippen LogP contribution in [0, 0.1) is 0 Å². The first kappa shape index (κ1) is 13.9. The van der Waals surface area contributed by atoms with E-state index in [2.05, 4.69) is 57.5 Å². The number of hydrogen-bond donors (Lipinski definition) is 0. The third-order valence-electron chi connectivity index (χ3n) is 3.30. The fraction of sp³-hybridized carbons (Fsp3) is 0.500. The lowest BCUT2D eigenvalue weighted by Crippen LogP contribution is -2.10. The zero-order valence-corrected chi connectivity index (χ0v) is 13.1. The van der Waals surface area contributed by atoms with Gasteiger partial charge in [0.1, 0.15) is 5.82 Å². The highest BCUT2D eigenvalue weighted by Gasteiger charge is 2.16. The number of hydrogen-bond acceptors (Lipinski definition) is 1. The van der Waals surface area contributed by atoms with Gasteiger partial charge in [-0.25, -0.2) is 4.98 Å². The second-order valence-electron chi connectivity index (χ2n) is 4.52. The van der Waals surface area contributed by atoms with Crippen molar-refractivity contribution < 1.29 is 0 Å². The van der Waals surface area contributed by atoms with Gasteiger partial charge in [-0.2, -0.15) is 0 Å². The molecule has 0 saturated heterocycles. The molecule has 0 aliphatic heterocycles. The molecule has 0 saturated carbocycles. The smallest absolute Gasteiger partial charge is 0.125 e. The molecule has 4 heteroatoms. The molecule has 1 atom stereocenters. The number of imidazole rings is 1. The van der Waals surface area contributed by atoms with Crippen LogP contribution < -0.4 is 0 Å². The fourth-order valence-electron chi connectivity index (χ4n) is 2.47. The summed E-state index contributed by atoms with van der Waals surface area (Å²) in [4.78, 5) is 4.64. The lowest BCUT2D eigenvalue weighted by Gasteiger charge is -2.19. The normalized spacial score (nSPS) is 13.1. The molecule has 0 N–H and O–H groups in total. The van der Waals surface area contributed by atoms with Crippen LogP contribution in [0.25, 0.3) is 11.0 Å². The maximum Gasteiger partial charge on any atom is 0.125 e. The zero-order chi connectivity index (χ0) is 13.1. The van der Waals surface area contributed by atoms with E-state index in [4.69, 9.17) is 11.6 Å². The van der Waals surface area contributed by atoms with Gasteiger partial charge in [0, 0.05) is 10.5 Å². The molecule has 98 valence electrons. The Bertz CT molecular complexity index is 536. The summed E-state index contributed by atoms with van der Waals surface area (Å²) in [6.07, 6.45) is 3.46. The number of fused-ring (bicyclic) bond motifs is 1. The Balaban J connectivity index is 2.58. The SMILES string of the molecule is CCCC(CC)n1c(CCl)nc2cc(Br)ccc21. The molecular weight excluding hydrogens is 312 g/mol. The Hall–Kier alpha value is -0.540. The minimum atomic E-state index is 0.465. The predicted molar refractivity (Wildman–Crippen MR) is 81.2 cm³/mol. The molecule has 0 aliphatic carbocycles. The van der Waals surface area contributed by atoms with E-state index in [0.717, 1.165) is 22.2 Å². The van der Waals surface area contributed by atoms with E-state index in [1.54, 1.807) is 0 Å². The molecule has 0 aliphatic rings. The van der Waals surface area contributed by atoms with Crippen LogP contribution in [-0.4, -0.2) is 9.55 Å². The van der Waals surface area contributed by atoms with Gasteiger partial charge in [-0.3, -0.25) is 0 Å². The summed E-state index contributed by atoms with van der Waals surface area (Å²) < 4.78 is 3.38. The van der Waals surface area contributed by atoms with Crippen molar-refractivity contribution in [2.24, 2.45) is 0 Å². The summed E-state index contributed by atoms with van der Waals surface area (Å²) >= 11 is 9.54. The first-order valence-electron chi connectivity index (χ1n) is 6.43. The Morgan fingerprint density at radius 3 is 2.78 bits per heavy atom. The number of rotatable bonds is 5. The topological polar surface area (TPSA) is 17.8 Å². The Labute approximate surface area is 121 Å². The van der Waals surface area contributed by atoms with Gasteiger partial charge in [-0.15, -0.1) is 11.6 Å². The highest BCUT2D eigenvalue weighted by atomic mass is 79.9. The quantitative estimate of drug-likeness (QED) is 0.682. The molecule has 1 aromatic heterocycles. The molecule has 18 heavy (non-hydrogen) atoms. The number of halogens is 2. The molecule has 2 rings (SSSR count). The van der Waals surface area contributed by atoms with Crippen LogP contribution in [0.3, 0.4) is 0 Å². The van der Waals surface area contributed by atoms with Crippen LogP contribution in [0.5, 0.6) is 0 Å². The van der Waals surface area contributed by atoms with Crippen molar-refractivity contribution in [2.45, 2.75) is 45.0 Å². The molecule has 1 heterocycles. The molecule has 2 aromatic rings. The third kappa shape index (κ3) is 2.57. The third-order valence-corrected chi connectivity index (χ3v) is 4.03. The Morgan fingerprint density at radius 2 is 2.17 bits per heavy atom. The van der Waals surface area contributed by atoms with Crippen molar-refractivity contribution in [1.29, 1.82) is 0 Å².